The van der Waals surface area contributed by atoms with Crippen molar-refractivity contribution in [3.05, 3.63) is 106 Å². The number of benzene rings is 4. The van der Waals surface area contributed by atoms with Gasteiger partial charge in [0, 0.05) is 16.8 Å². The van der Waals surface area contributed by atoms with Crippen molar-refractivity contribution in [1.82, 2.24) is 0 Å². The number of hydrogen-bond acceptors (Lipinski definition) is 4. The predicted molar refractivity (Wildman–Crippen MR) is 234 cm³/mol. The lowest BCUT2D eigenvalue weighted by Crippen LogP contribution is -2.36. The van der Waals surface area contributed by atoms with Crippen molar-refractivity contribution in [3.8, 4) is 23.0 Å². The van der Waals surface area contributed by atoms with Crippen LogP contribution in [0.1, 0.15) is 156 Å². The zero-order valence-electron chi connectivity index (χ0n) is 34.9. The lowest BCUT2D eigenvalue weighted by atomic mass is 9.59. The summed E-state index contributed by atoms with van der Waals surface area (Å²) >= 11 is 0. The van der Waals surface area contributed by atoms with Crippen LogP contribution in [0, 0.1) is 45.4 Å². The molecule has 6 rings (SSSR count). The Hall–Kier alpha value is -3.92. The highest BCUT2D eigenvalue weighted by atomic mass is 16.5. The van der Waals surface area contributed by atoms with Gasteiger partial charge in [0.25, 0.3) is 0 Å². The Morgan fingerprint density at radius 3 is 1.31 bits per heavy atom. The normalized spacial score (nSPS) is 18.6. The Bertz CT molecular complexity index is 1640. The molecule has 4 aromatic carbocycles. The third-order valence-corrected chi connectivity index (χ3v) is 13.4. The smallest absolute Gasteiger partial charge is 0.133 e. The molecule has 2 fully saturated rings. The van der Waals surface area contributed by atoms with Crippen LogP contribution in [0.3, 0.4) is 0 Å². The second kappa shape index (κ2) is 19.3. The van der Waals surface area contributed by atoms with Crippen LogP contribution in [0.4, 0.5) is 11.4 Å². The average Bonchev–Trinajstić information content (AvgIpc) is 3.18. The summed E-state index contributed by atoms with van der Waals surface area (Å²) in [6.07, 6.45) is 25.0. The molecule has 0 spiro atoms. The van der Waals surface area contributed by atoms with Crippen molar-refractivity contribution in [1.29, 1.82) is 0 Å². The molecule has 296 valence electrons. The van der Waals surface area contributed by atoms with Crippen molar-refractivity contribution in [2.24, 2.45) is 17.8 Å². The average molecular weight is 743 g/mol. The highest BCUT2D eigenvalue weighted by Crippen LogP contribution is 2.52. The third-order valence-electron chi connectivity index (χ3n) is 13.4. The van der Waals surface area contributed by atoms with E-state index in [0.29, 0.717) is 0 Å². The first-order valence-corrected chi connectivity index (χ1v) is 22.0. The van der Waals surface area contributed by atoms with E-state index < -0.39 is 0 Å². The molecule has 2 aliphatic carbocycles. The Balaban J connectivity index is 1.15. The summed E-state index contributed by atoms with van der Waals surface area (Å²) in [5.74, 6) is 6.18. The highest BCUT2D eigenvalue weighted by molar-refractivity contribution is 5.55. The van der Waals surface area contributed by atoms with E-state index in [4.69, 9.17) is 20.9 Å². The molecule has 0 atom stereocenters. The van der Waals surface area contributed by atoms with E-state index >= 15 is 0 Å². The first-order chi connectivity index (χ1) is 26.6. The van der Waals surface area contributed by atoms with E-state index in [1.54, 1.807) is 0 Å². The van der Waals surface area contributed by atoms with Gasteiger partial charge in [-0.15, -0.1) is 0 Å². The molecule has 0 bridgehead atoms. The van der Waals surface area contributed by atoms with E-state index in [9.17, 15) is 0 Å². The molecule has 4 heteroatoms. The molecule has 0 saturated heterocycles. The minimum Gasteiger partial charge on any atom is -0.457 e. The Labute approximate surface area is 333 Å². The van der Waals surface area contributed by atoms with E-state index in [0.717, 1.165) is 52.1 Å². The molecule has 4 N–H and O–H groups in total. The first kappa shape index (κ1) is 40.7. The number of ether oxygens (including phenoxy) is 2. The molecule has 0 heterocycles. The standard InChI is InChI=1S/C51H70N2O2/c1-6-7-8-9-10-11-12-13-14-15-40-16-18-41(19-17-40)42-28-30-51(31-29-42,43-32-36(2)49(37(3)33-43)54-47-24-20-45(52)21-25-47)44-34-38(4)50(39(5)35-44)55-48-26-22-46(53)23-27-48/h20-27,32-35,40-42H,6-19,28-31,52-53H2,1-5H3. The van der Waals surface area contributed by atoms with E-state index in [1.165, 1.54) is 149 Å². The first-order valence-electron chi connectivity index (χ1n) is 22.0. The van der Waals surface area contributed by atoms with Crippen molar-refractivity contribution in [2.45, 2.75) is 156 Å². The van der Waals surface area contributed by atoms with Gasteiger partial charge in [0.2, 0.25) is 0 Å². The molecule has 0 amide bonds. The van der Waals surface area contributed by atoms with E-state index in [2.05, 4.69) is 58.9 Å². The number of anilines is 2. The summed E-state index contributed by atoms with van der Waals surface area (Å²) in [6, 6.07) is 25.1. The Morgan fingerprint density at radius 1 is 0.509 bits per heavy atom. The van der Waals surface area contributed by atoms with Crippen molar-refractivity contribution in [2.75, 3.05) is 11.5 Å². The fraction of sp³-hybridized carbons (Fsp3) is 0.529. The van der Waals surface area contributed by atoms with Gasteiger partial charge in [-0.25, -0.2) is 0 Å². The number of hydrogen-bond donors (Lipinski definition) is 2. The zero-order valence-corrected chi connectivity index (χ0v) is 34.9. The maximum Gasteiger partial charge on any atom is 0.133 e. The fourth-order valence-electron chi connectivity index (χ4n) is 10.1. The van der Waals surface area contributed by atoms with Gasteiger partial charge in [-0.1, -0.05) is 108 Å². The lowest BCUT2D eigenvalue weighted by Gasteiger charge is -2.45. The van der Waals surface area contributed by atoms with Gasteiger partial charge in [-0.05, 0) is 166 Å². The Kier molecular flexibility index (Phi) is 14.3. The highest BCUT2D eigenvalue weighted by Gasteiger charge is 2.42. The van der Waals surface area contributed by atoms with Crippen molar-refractivity contribution < 1.29 is 9.47 Å². The topological polar surface area (TPSA) is 70.5 Å². The van der Waals surface area contributed by atoms with Gasteiger partial charge < -0.3 is 20.9 Å². The third kappa shape index (κ3) is 10.5. The van der Waals surface area contributed by atoms with Gasteiger partial charge in [0.15, 0.2) is 0 Å². The summed E-state index contributed by atoms with van der Waals surface area (Å²) in [5, 5.41) is 0. The van der Waals surface area contributed by atoms with Crippen molar-refractivity contribution >= 4 is 11.4 Å². The van der Waals surface area contributed by atoms with Gasteiger partial charge in [-0.3, -0.25) is 0 Å². The van der Waals surface area contributed by atoms with E-state index in [-0.39, 0.29) is 5.41 Å². The molecule has 4 nitrogen and oxygen atoms in total. The van der Waals surface area contributed by atoms with Crippen LogP contribution < -0.4 is 20.9 Å². The Morgan fingerprint density at radius 2 is 0.891 bits per heavy atom. The number of nitrogen functional groups attached to an aromatic ring is 2. The van der Waals surface area contributed by atoms with Gasteiger partial charge >= 0.3 is 0 Å². The van der Waals surface area contributed by atoms with Crippen LogP contribution in [-0.4, -0.2) is 0 Å². The van der Waals surface area contributed by atoms with Crippen LogP contribution in [0.5, 0.6) is 23.0 Å². The van der Waals surface area contributed by atoms with Crippen LogP contribution >= 0.6 is 0 Å². The maximum atomic E-state index is 6.48. The molecule has 0 aromatic heterocycles. The van der Waals surface area contributed by atoms with E-state index in [1.807, 2.05) is 48.5 Å². The van der Waals surface area contributed by atoms with Crippen LogP contribution in [0.15, 0.2) is 72.8 Å². The predicted octanol–water partition coefficient (Wildman–Crippen LogP) is 14.9. The second-order valence-corrected chi connectivity index (χ2v) is 17.5. The summed E-state index contributed by atoms with van der Waals surface area (Å²) in [5.41, 5.74) is 20.9. The number of unbranched alkanes of at least 4 members (excludes halogenated alkanes) is 8. The molecule has 55 heavy (non-hydrogen) atoms. The molecular weight excluding hydrogens is 673 g/mol. The minimum absolute atomic E-state index is 0.0613. The fourth-order valence-corrected chi connectivity index (χ4v) is 10.1. The van der Waals surface area contributed by atoms with Crippen LogP contribution in [0.2, 0.25) is 0 Å². The number of nitrogens with two attached hydrogens (primary N) is 2. The summed E-state index contributed by atoms with van der Waals surface area (Å²) < 4.78 is 13.0. The molecule has 0 aliphatic heterocycles. The largest absolute Gasteiger partial charge is 0.457 e. The van der Waals surface area contributed by atoms with Gasteiger partial charge in [0.05, 0.1) is 0 Å². The number of rotatable bonds is 17. The second-order valence-electron chi connectivity index (χ2n) is 17.5. The summed E-state index contributed by atoms with van der Waals surface area (Å²) in [7, 11) is 0. The molecule has 2 aliphatic rings. The summed E-state index contributed by atoms with van der Waals surface area (Å²) in [4.78, 5) is 0. The monoisotopic (exact) mass is 743 g/mol. The molecular formula is C51H70N2O2. The molecule has 2 saturated carbocycles. The maximum absolute atomic E-state index is 6.48. The quantitative estimate of drug-likeness (QED) is 0.0835. The van der Waals surface area contributed by atoms with Gasteiger partial charge in [-0.2, -0.15) is 0 Å². The van der Waals surface area contributed by atoms with Crippen molar-refractivity contribution in [3.63, 3.8) is 0 Å². The van der Waals surface area contributed by atoms with Gasteiger partial charge in [0.1, 0.15) is 23.0 Å². The lowest BCUT2D eigenvalue weighted by molar-refractivity contribution is 0.140. The minimum atomic E-state index is -0.0613. The number of aryl methyl sites for hydroxylation is 4. The molecule has 4 aromatic rings. The zero-order chi connectivity index (χ0) is 38.8. The van der Waals surface area contributed by atoms with Crippen LogP contribution in [-0.2, 0) is 5.41 Å². The molecule has 0 radical (unpaired) electrons. The SMILES string of the molecule is CCCCCCCCCCCC1CCC(C2CCC(c3cc(C)c(Oc4ccc(N)cc4)c(C)c3)(c3cc(C)c(Oc4ccc(N)cc4)c(C)c3)CC2)CC1. The molecule has 0 unspecified atom stereocenters. The van der Waals surface area contributed by atoms with Crippen LogP contribution in [0.25, 0.3) is 0 Å². The summed E-state index contributed by atoms with van der Waals surface area (Å²) in [6.45, 7) is 11.1.